The van der Waals surface area contributed by atoms with E-state index in [0.717, 1.165) is 0 Å². The highest BCUT2D eigenvalue weighted by molar-refractivity contribution is 5.91. The van der Waals surface area contributed by atoms with Crippen LogP contribution in [0.4, 0.5) is 4.79 Å². The molecule has 0 aromatic heterocycles. The first-order valence-electron chi connectivity index (χ1n) is 7.09. The number of aliphatic hydroxyl groups excluding tert-OH is 1. The number of alkyl carbamates (subject to hydrolysis) is 1. The Morgan fingerprint density at radius 3 is 2.59 bits per heavy atom. The van der Waals surface area contributed by atoms with Crippen LogP contribution in [0.3, 0.4) is 0 Å². The Morgan fingerprint density at radius 1 is 1.32 bits per heavy atom. The van der Waals surface area contributed by atoms with Gasteiger partial charge in [0.1, 0.15) is 17.4 Å². The zero-order valence-corrected chi connectivity index (χ0v) is 13.2. The van der Waals surface area contributed by atoms with Crippen LogP contribution in [0.5, 0.6) is 5.75 Å². The van der Waals surface area contributed by atoms with Gasteiger partial charge in [-0.2, -0.15) is 0 Å². The van der Waals surface area contributed by atoms with Crippen molar-refractivity contribution in [2.24, 2.45) is 0 Å². The smallest absolute Gasteiger partial charge is 0.408 e. The zero-order valence-electron chi connectivity index (χ0n) is 13.2. The number of ether oxygens (including phenoxy) is 2. The van der Waals surface area contributed by atoms with E-state index in [0.29, 0.717) is 16.9 Å². The molecule has 2 N–H and O–H groups in total. The van der Waals surface area contributed by atoms with E-state index in [4.69, 9.17) is 9.47 Å². The molecule has 2 rings (SSSR count). The quantitative estimate of drug-likeness (QED) is 0.875. The van der Waals surface area contributed by atoms with Crippen LogP contribution in [-0.4, -0.2) is 29.7 Å². The van der Waals surface area contributed by atoms with E-state index >= 15 is 0 Å². The molecule has 0 heterocycles. The Bertz CT molecular complexity index is 591. The van der Waals surface area contributed by atoms with Gasteiger partial charge in [-0.25, -0.2) is 4.79 Å². The number of rotatable bonds is 2. The Hall–Kier alpha value is -2.08. The van der Waals surface area contributed by atoms with E-state index in [1.54, 1.807) is 39.0 Å². The van der Waals surface area contributed by atoms with Gasteiger partial charge < -0.3 is 19.9 Å². The van der Waals surface area contributed by atoms with Crippen LogP contribution >= 0.6 is 0 Å². The third-order valence-corrected chi connectivity index (χ3v) is 3.34. The summed E-state index contributed by atoms with van der Waals surface area (Å²) in [5.74, 6) is 0.333. The summed E-state index contributed by atoms with van der Waals surface area (Å²) in [4.78, 5) is 24.1. The number of methoxy groups -OCH3 is 1. The molecule has 0 fully saturated rings. The second-order valence-electron chi connectivity index (χ2n) is 6.26. The lowest BCUT2D eigenvalue weighted by molar-refractivity contribution is -0.124. The van der Waals surface area contributed by atoms with Crippen molar-refractivity contribution < 1.29 is 24.2 Å². The van der Waals surface area contributed by atoms with Crippen LogP contribution < -0.4 is 10.1 Å². The summed E-state index contributed by atoms with van der Waals surface area (Å²) in [6.45, 7) is 5.24. The highest BCUT2D eigenvalue weighted by Gasteiger charge is 2.35. The second-order valence-corrected chi connectivity index (χ2v) is 6.26. The Balaban J connectivity index is 2.27. The van der Waals surface area contributed by atoms with Crippen LogP contribution in [0.1, 0.15) is 50.5 Å². The summed E-state index contributed by atoms with van der Waals surface area (Å²) in [5, 5.41) is 12.6. The third-order valence-electron chi connectivity index (χ3n) is 3.34. The van der Waals surface area contributed by atoms with Crippen molar-refractivity contribution >= 4 is 11.9 Å². The molecule has 120 valence electrons. The van der Waals surface area contributed by atoms with Gasteiger partial charge in [0, 0.05) is 6.42 Å². The fraction of sp³-hybridized carbons (Fsp3) is 0.500. The molecule has 6 heteroatoms. The number of benzene rings is 1. The van der Waals surface area contributed by atoms with Crippen LogP contribution in [0.25, 0.3) is 0 Å². The minimum absolute atomic E-state index is 0.0549. The van der Waals surface area contributed by atoms with Crippen molar-refractivity contribution in [1.82, 2.24) is 5.32 Å². The lowest BCUT2D eigenvalue weighted by Crippen LogP contribution is -2.40. The van der Waals surface area contributed by atoms with Gasteiger partial charge in [-0.3, -0.25) is 4.79 Å². The number of nitrogens with one attached hydrogen (secondary N) is 1. The topological polar surface area (TPSA) is 84.9 Å². The molecular formula is C16H21NO5. The normalized spacial score (nSPS) is 21.0. The van der Waals surface area contributed by atoms with E-state index < -0.39 is 23.8 Å². The van der Waals surface area contributed by atoms with E-state index in [1.165, 1.54) is 7.11 Å². The minimum Gasteiger partial charge on any atom is -0.497 e. The van der Waals surface area contributed by atoms with Gasteiger partial charge in [0.2, 0.25) is 0 Å². The summed E-state index contributed by atoms with van der Waals surface area (Å²) in [6.07, 6.45) is -1.61. The molecule has 1 aliphatic rings. The predicted octanol–water partition coefficient (Wildman–Crippen LogP) is 2.27. The number of carbonyl (C=O) groups is 2. The highest BCUT2D eigenvalue weighted by Crippen LogP contribution is 2.36. The first kappa shape index (κ1) is 16.3. The minimum atomic E-state index is -0.894. The molecule has 0 bridgehead atoms. The molecule has 1 amide bonds. The molecule has 6 nitrogen and oxygen atoms in total. The fourth-order valence-corrected chi connectivity index (χ4v) is 2.41. The molecular weight excluding hydrogens is 286 g/mol. The number of carbonyl (C=O) groups excluding carboxylic acids is 2. The Morgan fingerprint density at radius 2 is 2.00 bits per heavy atom. The Labute approximate surface area is 129 Å². The Kier molecular flexibility index (Phi) is 4.42. The van der Waals surface area contributed by atoms with Crippen molar-refractivity contribution in [3.63, 3.8) is 0 Å². The van der Waals surface area contributed by atoms with E-state index in [2.05, 4.69) is 5.32 Å². The van der Waals surface area contributed by atoms with Crippen LogP contribution in [0, 0.1) is 0 Å². The number of amides is 1. The standard InChI is InChI=1S/C16H21NO5/c1-16(2,3)22-15(20)17-14-10-6-5-9(21-4)7-11(10)12(18)8-13(14)19/h5-7,12,14,18H,8H2,1-4H3,(H,17,20)/t12-,14?/m1/s1. The monoisotopic (exact) mass is 307 g/mol. The van der Waals surface area contributed by atoms with E-state index in [9.17, 15) is 14.7 Å². The number of aliphatic hydroxyl groups is 1. The zero-order chi connectivity index (χ0) is 16.5. The van der Waals surface area contributed by atoms with Crippen molar-refractivity contribution in [2.45, 2.75) is 44.9 Å². The second kappa shape index (κ2) is 5.96. The number of Topliss-reactive ketones (excluding diaryl/α,β-unsaturated/α-hetero) is 1. The van der Waals surface area contributed by atoms with Gasteiger partial charge in [0.05, 0.1) is 13.2 Å². The fourth-order valence-electron chi connectivity index (χ4n) is 2.41. The number of hydrogen-bond donors (Lipinski definition) is 2. The average Bonchev–Trinajstić information content (AvgIpc) is 2.41. The van der Waals surface area contributed by atoms with Crippen molar-refractivity contribution in [2.75, 3.05) is 7.11 Å². The maximum absolute atomic E-state index is 12.2. The van der Waals surface area contributed by atoms with Gasteiger partial charge in [-0.1, -0.05) is 6.07 Å². The number of hydrogen-bond acceptors (Lipinski definition) is 5. The molecule has 0 aliphatic heterocycles. The molecule has 2 atom stereocenters. The highest BCUT2D eigenvalue weighted by atomic mass is 16.6. The molecule has 0 spiro atoms. The van der Waals surface area contributed by atoms with E-state index in [-0.39, 0.29) is 12.2 Å². The molecule has 1 unspecified atom stereocenters. The molecule has 1 aromatic carbocycles. The maximum atomic E-state index is 12.2. The molecule has 0 saturated carbocycles. The molecule has 22 heavy (non-hydrogen) atoms. The molecule has 0 radical (unpaired) electrons. The SMILES string of the molecule is COc1ccc2c(c1)[C@H](O)CC(=O)C2NC(=O)OC(C)(C)C. The summed E-state index contributed by atoms with van der Waals surface area (Å²) < 4.78 is 10.3. The summed E-state index contributed by atoms with van der Waals surface area (Å²) in [6, 6.07) is 4.22. The average molecular weight is 307 g/mol. The largest absolute Gasteiger partial charge is 0.497 e. The number of ketones is 1. The van der Waals surface area contributed by atoms with Crippen LogP contribution in [-0.2, 0) is 9.53 Å². The first-order valence-corrected chi connectivity index (χ1v) is 7.09. The summed E-state index contributed by atoms with van der Waals surface area (Å²) >= 11 is 0. The van der Waals surface area contributed by atoms with Crippen molar-refractivity contribution in [3.05, 3.63) is 29.3 Å². The molecule has 0 saturated heterocycles. The van der Waals surface area contributed by atoms with Gasteiger partial charge in [0.15, 0.2) is 5.78 Å². The third kappa shape index (κ3) is 3.57. The summed E-state index contributed by atoms with van der Waals surface area (Å²) in [7, 11) is 1.53. The summed E-state index contributed by atoms with van der Waals surface area (Å²) in [5.41, 5.74) is 0.500. The molecule has 1 aromatic rings. The lowest BCUT2D eigenvalue weighted by atomic mass is 9.84. The van der Waals surface area contributed by atoms with Crippen LogP contribution in [0.2, 0.25) is 0 Å². The van der Waals surface area contributed by atoms with Gasteiger partial charge in [0.25, 0.3) is 0 Å². The van der Waals surface area contributed by atoms with Crippen molar-refractivity contribution in [1.29, 1.82) is 0 Å². The van der Waals surface area contributed by atoms with Gasteiger partial charge >= 0.3 is 6.09 Å². The lowest BCUT2D eigenvalue weighted by Gasteiger charge is -2.29. The van der Waals surface area contributed by atoms with Crippen molar-refractivity contribution in [3.8, 4) is 5.75 Å². The van der Waals surface area contributed by atoms with Gasteiger partial charge in [-0.05, 0) is 44.0 Å². The van der Waals surface area contributed by atoms with Gasteiger partial charge in [-0.15, -0.1) is 0 Å². The van der Waals surface area contributed by atoms with E-state index in [1.807, 2.05) is 0 Å². The predicted molar refractivity (Wildman–Crippen MR) is 79.7 cm³/mol. The maximum Gasteiger partial charge on any atom is 0.408 e. The molecule has 1 aliphatic carbocycles. The van der Waals surface area contributed by atoms with Crippen LogP contribution in [0.15, 0.2) is 18.2 Å². The number of fused-ring (bicyclic) bond motifs is 1. The first-order chi connectivity index (χ1) is 10.2.